The smallest absolute Gasteiger partial charge is 0.232 e. The third-order valence-corrected chi connectivity index (χ3v) is 4.60. The van der Waals surface area contributed by atoms with Gasteiger partial charge in [-0.15, -0.1) is 0 Å². The van der Waals surface area contributed by atoms with Crippen molar-refractivity contribution in [3.8, 4) is 0 Å². The molecule has 0 bridgehead atoms. The highest BCUT2D eigenvalue weighted by molar-refractivity contribution is 5.96. The van der Waals surface area contributed by atoms with Crippen LogP contribution in [0, 0.1) is 25.2 Å². The van der Waals surface area contributed by atoms with Crippen molar-refractivity contribution in [3.05, 3.63) is 29.3 Å². The number of aryl methyl sites for hydroxylation is 1. The number of nitrogens with one attached hydrogen (secondary N) is 2. The predicted molar refractivity (Wildman–Crippen MR) is 79.3 cm³/mol. The lowest BCUT2D eigenvalue weighted by Crippen LogP contribution is -2.42. The normalized spacial score (nSPS) is 22.8. The summed E-state index contributed by atoms with van der Waals surface area (Å²) in [7, 11) is 0. The van der Waals surface area contributed by atoms with Gasteiger partial charge in [-0.1, -0.05) is 26.0 Å². The van der Waals surface area contributed by atoms with Gasteiger partial charge in [0.25, 0.3) is 0 Å². The van der Waals surface area contributed by atoms with Gasteiger partial charge in [0.2, 0.25) is 5.91 Å². The first-order valence-corrected chi connectivity index (χ1v) is 7.06. The molecule has 0 spiro atoms. The van der Waals surface area contributed by atoms with Crippen LogP contribution in [0.1, 0.15) is 31.4 Å². The predicted octanol–water partition coefficient (Wildman–Crippen LogP) is 2.88. The number of rotatable bonds is 3. The molecule has 1 unspecified atom stereocenters. The molecule has 2 N–H and O–H groups in total. The van der Waals surface area contributed by atoms with Crippen molar-refractivity contribution in [2.45, 2.75) is 34.1 Å². The Bertz CT molecular complexity index is 474. The first kappa shape index (κ1) is 14.1. The Labute approximate surface area is 115 Å². The van der Waals surface area contributed by atoms with Crippen LogP contribution in [-0.4, -0.2) is 19.0 Å². The van der Waals surface area contributed by atoms with Crippen molar-refractivity contribution < 1.29 is 4.79 Å². The van der Waals surface area contributed by atoms with Crippen molar-refractivity contribution in [2.75, 3.05) is 18.4 Å². The van der Waals surface area contributed by atoms with Gasteiger partial charge in [-0.25, -0.2) is 0 Å². The highest BCUT2D eigenvalue weighted by Gasteiger charge is 2.43. The van der Waals surface area contributed by atoms with E-state index in [0.29, 0.717) is 5.92 Å². The second kappa shape index (κ2) is 5.33. The van der Waals surface area contributed by atoms with E-state index in [1.165, 1.54) is 5.56 Å². The topological polar surface area (TPSA) is 41.1 Å². The molecule has 0 aromatic heterocycles. The zero-order valence-electron chi connectivity index (χ0n) is 12.3. The molecule has 19 heavy (non-hydrogen) atoms. The highest BCUT2D eigenvalue weighted by Crippen LogP contribution is 2.35. The maximum Gasteiger partial charge on any atom is 0.232 e. The van der Waals surface area contributed by atoms with Crippen molar-refractivity contribution >= 4 is 11.6 Å². The van der Waals surface area contributed by atoms with Crippen molar-refractivity contribution in [1.82, 2.24) is 5.32 Å². The fourth-order valence-electron chi connectivity index (χ4n) is 2.79. The van der Waals surface area contributed by atoms with Crippen LogP contribution in [0.3, 0.4) is 0 Å². The summed E-state index contributed by atoms with van der Waals surface area (Å²) < 4.78 is 0. The molecule has 2 rings (SSSR count). The zero-order chi connectivity index (χ0) is 14.0. The molecule has 1 atom stereocenters. The van der Waals surface area contributed by atoms with Gasteiger partial charge >= 0.3 is 0 Å². The van der Waals surface area contributed by atoms with Gasteiger partial charge in [0.05, 0.1) is 5.41 Å². The average molecular weight is 260 g/mol. The Hall–Kier alpha value is -1.35. The van der Waals surface area contributed by atoms with E-state index < -0.39 is 0 Å². The van der Waals surface area contributed by atoms with E-state index in [1.807, 2.05) is 12.1 Å². The van der Waals surface area contributed by atoms with E-state index in [-0.39, 0.29) is 11.3 Å². The number of carbonyl (C=O) groups is 1. The highest BCUT2D eigenvalue weighted by atomic mass is 16.2. The summed E-state index contributed by atoms with van der Waals surface area (Å²) in [6.07, 6.45) is 0.918. The molecule has 1 amide bonds. The molecule has 0 radical (unpaired) electrons. The van der Waals surface area contributed by atoms with Crippen LogP contribution in [0.15, 0.2) is 18.2 Å². The molecular formula is C16H24N2O. The van der Waals surface area contributed by atoms with Crippen molar-refractivity contribution in [3.63, 3.8) is 0 Å². The van der Waals surface area contributed by atoms with Crippen LogP contribution in [0.25, 0.3) is 0 Å². The van der Waals surface area contributed by atoms with Crippen molar-refractivity contribution in [1.29, 1.82) is 0 Å². The molecule has 1 aliphatic heterocycles. The van der Waals surface area contributed by atoms with Gasteiger partial charge < -0.3 is 10.6 Å². The van der Waals surface area contributed by atoms with E-state index in [9.17, 15) is 4.79 Å². The molecule has 1 aromatic carbocycles. The van der Waals surface area contributed by atoms with Gasteiger partial charge in [-0.2, -0.15) is 0 Å². The van der Waals surface area contributed by atoms with E-state index in [0.717, 1.165) is 30.8 Å². The fraction of sp³-hybridized carbons (Fsp3) is 0.562. The minimum absolute atomic E-state index is 0.154. The molecule has 0 aliphatic carbocycles. The Morgan fingerprint density at radius 3 is 2.68 bits per heavy atom. The lowest BCUT2D eigenvalue weighted by molar-refractivity contribution is -0.126. The Morgan fingerprint density at radius 1 is 1.37 bits per heavy atom. The number of benzene rings is 1. The lowest BCUT2D eigenvalue weighted by Gasteiger charge is -2.31. The zero-order valence-corrected chi connectivity index (χ0v) is 12.3. The molecule has 0 saturated carbocycles. The number of carbonyl (C=O) groups excluding carboxylic acids is 1. The van der Waals surface area contributed by atoms with Gasteiger partial charge in [-0.05, 0) is 49.9 Å². The van der Waals surface area contributed by atoms with E-state index >= 15 is 0 Å². The van der Waals surface area contributed by atoms with Crippen LogP contribution < -0.4 is 10.6 Å². The average Bonchev–Trinajstić information content (AvgIpc) is 2.85. The van der Waals surface area contributed by atoms with E-state index in [1.54, 1.807) is 0 Å². The summed E-state index contributed by atoms with van der Waals surface area (Å²) in [4.78, 5) is 12.7. The molecule has 3 heteroatoms. The molecule has 1 heterocycles. The largest absolute Gasteiger partial charge is 0.325 e. The van der Waals surface area contributed by atoms with Crippen LogP contribution >= 0.6 is 0 Å². The Balaban J connectivity index is 2.23. The lowest BCUT2D eigenvalue weighted by atomic mass is 9.75. The second-order valence-electron chi connectivity index (χ2n) is 5.94. The molecular weight excluding hydrogens is 236 g/mol. The number of amides is 1. The van der Waals surface area contributed by atoms with Gasteiger partial charge in [0, 0.05) is 12.2 Å². The standard InChI is InChI=1S/C16H24N2O/c1-11(2)16(8-9-17-10-16)15(19)18-14-7-5-6-12(3)13(14)4/h5-7,11,17H,8-10H2,1-4H3,(H,18,19). The number of hydrogen-bond acceptors (Lipinski definition) is 2. The molecule has 1 saturated heterocycles. The maximum atomic E-state index is 12.7. The molecule has 104 valence electrons. The number of hydrogen-bond donors (Lipinski definition) is 2. The third kappa shape index (κ3) is 2.52. The summed E-state index contributed by atoms with van der Waals surface area (Å²) in [5.74, 6) is 0.494. The van der Waals surface area contributed by atoms with E-state index in [2.05, 4.69) is 44.4 Å². The molecule has 3 nitrogen and oxygen atoms in total. The second-order valence-corrected chi connectivity index (χ2v) is 5.94. The van der Waals surface area contributed by atoms with Crippen LogP contribution in [0.2, 0.25) is 0 Å². The fourth-order valence-corrected chi connectivity index (χ4v) is 2.79. The Kier molecular flexibility index (Phi) is 3.95. The van der Waals surface area contributed by atoms with Crippen LogP contribution in [0.4, 0.5) is 5.69 Å². The van der Waals surface area contributed by atoms with E-state index in [4.69, 9.17) is 0 Å². The number of anilines is 1. The first-order chi connectivity index (χ1) is 8.97. The third-order valence-electron chi connectivity index (χ3n) is 4.60. The monoisotopic (exact) mass is 260 g/mol. The molecule has 1 aromatic rings. The summed E-state index contributed by atoms with van der Waals surface area (Å²) in [5.41, 5.74) is 3.04. The van der Waals surface area contributed by atoms with Gasteiger partial charge in [-0.3, -0.25) is 4.79 Å². The Morgan fingerprint density at radius 2 is 2.11 bits per heavy atom. The minimum atomic E-state index is -0.268. The van der Waals surface area contributed by atoms with Crippen LogP contribution in [-0.2, 0) is 4.79 Å². The minimum Gasteiger partial charge on any atom is -0.325 e. The SMILES string of the molecule is Cc1cccc(NC(=O)C2(C(C)C)CCNC2)c1C. The van der Waals surface area contributed by atoms with Gasteiger partial charge in [0.15, 0.2) is 0 Å². The first-order valence-electron chi connectivity index (χ1n) is 7.06. The summed E-state index contributed by atoms with van der Waals surface area (Å²) in [6.45, 7) is 10.1. The molecule has 1 aliphatic rings. The summed E-state index contributed by atoms with van der Waals surface area (Å²) in [6, 6.07) is 6.05. The maximum absolute atomic E-state index is 12.7. The quantitative estimate of drug-likeness (QED) is 0.877. The van der Waals surface area contributed by atoms with Crippen molar-refractivity contribution in [2.24, 2.45) is 11.3 Å². The summed E-state index contributed by atoms with van der Waals surface area (Å²) >= 11 is 0. The molecule has 1 fully saturated rings. The van der Waals surface area contributed by atoms with Crippen LogP contribution in [0.5, 0.6) is 0 Å². The summed E-state index contributed by atoms with van der Waals surface area (Å²) in [5, 5.41) is 6.46. The van der Waals surface area contributed by atoms with Gasteiger partial charge in [0.1, 0.15) is 0 Å².